The highest BCUT2D eigenvalue weighted by molar-refractivity contribution is 5.92. The molecular weight excluding hydrogens is 356 g/mol. The lowest BCUT2D eigenvalue weighted by Crippen LogP contribution is -2.40. The fourth-order valence-corrected chi connectivity index (χ4v) is 3.31. The van der Waals surface area contributed by atoms with Crippen molar-refractivity contribution in [1.82, 2.24) is 9.47 Å². The second-order valence-corrected chi connectivity index (χ2v) is 7.81. The molecule has 1 aromatic heterocycles. The molecule has 1 amide bonds. The molecule has 0 unspecified atom stereocenters. The Kier molecular flexibility index (Phi) is 7.07. The minimum Gasteiger partial charge on any atom is -0.345 e. The maximum absolute atomic E-state index is 13.1. The van der Waals surface area contributed by atoms with Gasteiger partial charge in [-0.15, -0.1) is 0 Å². The first kappa shape index (κ1) is 20.7. The highest BCUT2D eigenvalue weighted by Crippen LogP contribution is 2.17. The van der Waals surface area contributed by atoms with Crippen molar-refractivity contribution in [2.45, 2.75) is 39.9 Å². The van der Waals surface area contributed by atoms with E-state index in [1.807, 2.05) is 47.4 Å². The second-order valence-electron chi connectivity index (χ2n) is 7.81. The van der Waals surface area contributed by atoms with Crippen LogP contribution >= 0.6 is 0 Å². The van der Waals surface area contributed by atoms with Crippen LogP contribution in [-0.2, 0) is 17.9 Å². The Labute approximate surface area is 174 Å². The van der Waals surface area contributed by atoms with Crippen LogP contribution in [0.2, 0.25) is 0 Å². The Morgan fingerprint density at radius 2 is 1.59 bits per heavy atom. The summed E-state index contributed by atoms with van der Waals surface area (Å²) in [6.07, 6.45) is 5.68. The average Bonchev–Trinajstić information content (AvgIpc) is 3.17. The molecule has 3 aromatic rings. The van der Waals surface area contributed by atoms with Crippen molar-refractivity contribution in [3.63, 3.8) is 0 Å². The van der Waals surface area contributed by atoms with Crippen LogP contribution in [0.5, 0.6) is 0 Å². The molecule has 0 saturated heterocycles. The Morgan fingerprint density at radius 1 is 0.931 bits per heavy atom. The first-order valence-electron chi connectivity index (χ1n) is 10.3. The van der Waals surface area contributed by atoms with Gasteiger partial charge in [-0.1, -0.05) is 74.5 Å². The molecule has 3 heteroatoms. The summed E-state index contributed by atoms with van der Waals surface area (Å²) in [6, 6.07) is 24.7. The summed E-state index contributed by atoms with van der Waals surface area (Å²) in [4.78, 5) is 15.1. The van der Waals surface area contributed by atoms with Crippen molar-refractivity contribution in [1.29, 1.82) is 0 Å². The molecule has 0 bridgehead atoms. The quantitative estimate of drug-likeness (QED) is 0.461. The standard InChI is InChI=1S/C26H30N2O/c1-21(2)22(3)28(26(29)17-16-23-11-6-4-7-12-23)20-25-15-10-18-27(25)19-24-13-8-5-9-14-24/h4-18,21-22H,19-20H2,1-3H3/b17-16+/t22-/m1/s1. The monoisotopic (exact) mass is 386 g/mol. The number of carbonyl (C=O) groups is 1. The van der Waals surface area contributed by atoms with Crippen molar-refractivity contribution in [2.24, 2.45) is 5.92 Å². The summed E-state index contributed by atoms with van der Waals surface area (Å²) >= 11 is 0. The van der Waals surface area contributed by atoms with Gasteiger partial charge in [-0.25, -0.2) is 0 Å². The topological polar surface area (TPSA) is 25.2 Å². The average molecular weight is 387 g/mol. The number of hydrogen-bond donors (Lipinski definition) is 0. The number of nitrogens with zero attached hydrogens (tertiary/aromatic N) is 2. The maximum atomic E-state index is 13.1. The molecule has 2 aromatic carbocycles. The van der Waals surface area contributed by atoms with Crippen LogP contribution in [-0.4, -0.2) is 21.4 Å². The van der Waals surface area contributed by atoms with Crippen LogP contribution in [0.1, 0.15) is 37.6 Å². The first-order chi connectivity index (χ1) is 14.0. The second kappa shape index (κ2) is 9.92. The lowest BCUT2D eigenvalue weighted by molar-refractivity contribution is -0.129. The molecular formula is C26H30N2O. The van der Waals surface area contributed by atoms with E-state index >= 15 is 0 Å². The van der Waals surface area contributed by atoms with Crippen LogP contribution in [0.15, 0.2) is 85.1 Å². The molecule has 0 saturated carbocycles. The molecule has 0 aliphatic carbocycles. The summed E-state index contributed by atoms with van der Waals surface area (Å²) in [5.74, 6) is 0.420. The molecule has 0 aliphatic rings. The fraction of sp³-hybridized carbons (Fsp3) is 0.269. The van der Waals surface area contributed by atoms with Gasteiger partial charge in [-0.05, 0) is 42.2 Å². The van der Waals surface area contributed by atoms with E-state index in [1.54, 1.807) is 6.08 Å². The molecule has 0 N–H and O–H groups in total. The summed E-state index contributed by atoms with van der Waals surface area (Å²) in [7, 11) is 0. The third-order valence-corrected chi connectivity index (χ3v) is 5.41. The van der Waals surface area contributed by atoms with Crippen molar-refractivity contribution < 1.29 is 4.79 Å². The molecule has 0 radical (unpaired) electrons. The molecule has 3 nitrogen and oxygen atoms in total. The Morgan fingerprint density at radius 3 is 2.24 bits per heavy atom. The normalized spacial score (nSPS) is 12.4. The Hall–Kier alpha value is -3.07. The fourth-order valence-electron chi connectivity index (χ4n) is 3.31. The SMILES string of the molecule is CC(C)[C@@H](C)N(Cc1cccn1Cc1ccccc1)C(=O)/C=C/c1ccccc1. The number of carbonyl (C=O) groups excluding carboxylic acids is 1. The number of benzene rings is 2. The summed E-state index contributed by atoms with van der Waals surface area (Å²) in [6.45, 7) is 7.85. The number of rotatable bonds is 8. The van der Waals surface area contributed by atoms with Gasteiger partial charge in [0.15, 0.2) is 0 Å². The van der Waals surface area contributed by atoms with Gasteiger partial charge in [0.1, 0.15) is 0 Å². The molecule has 150 valence electrons. The largest absolute Gasteiger partial charge is 0.345 e. The molecule has 0 aliphatic heterocycles. The van der Waals surface area contributed by atoms with Gasteiger partial charge in [-0.3, -0.25) is 4.79 Å². The molecule has 0 spiro atoms. The number of aromatic nitrogens is 1. The van der Waals surface area contributed by atoms with Crippen molar-refractivity contribution in [3.05, 3.63) is 102 Å². The summed E-state index contributed by atoms with van der Waals surface area (Å²) < 4.78 is 2.23. The minimum atomic E-state index is 0.0440. The Balaban J connectivity index is 1.79. The molecule has 1 atom stereocenters. The lowest BCUT2D eigenvalue weighted by Gasteiger charge is -2.31. The van der Waals surface area contributed by atoms with E-state index < -0.39 is 0 Å². The van der Waals surface area contributed by atoms with E-state index in [-0.39, 0.29) is 11.9 Å². The van der Waals surface area contributed by atoms with E-state index in [9.17, 15) is 4.79 Å². The molecule has 29 heavy (non-hydrogen) atoms. The first-order valence-corrected chi connectivity index (χ1v) is 10.3. The van der Waals surface area contributed by atoms with Crippen molar-refractivity contribution in [2.75, 3.05) is 0 Å². The van der Waals surface area contributed by atoms with Gasteiger partial charge in [0.25, 0.3) is 0 Å². The van der Waals surface area contributed by atoms with Crippen LogP contribution in [0.25, 0.3) is 6.08 Å². The number of amides is 1. The zero-order valence-corrected chi connectivity index (χ0v) is 17.5. The van der Waals surface area contributed by atoms with E-state index in [1.165, 1.54) is 5.56 Å². The van der Waals surface area contributed by atoms with E-state index in [4.69, 9.17) is 0 Å². The van der Waals surface area contributed by atoms with Crippen LogP contribution in [0, 0.1) is 5.92 Å². The Bertz CT molecular complexity index is 926. The van der Waals surface area contributed by atoms with E-state index in [0.717, 1.165) is 17.8 Å². The molecule has 0 fully saturated rings. The third kappa shape index (κ3) is 5.71. The minimum absolute atomic E-state index is 0.0440. The van der Waals surface area contributed by atoms with Gasteiger partial charge in [0, 0.05) is 30.6 Å². The molecule has 1 heterocycles. The highest BCUT2D eigenvalue weighted by atomic mass is 16.2. The maximum Gasteiger partial charge on any atom is 0.247 e. The van der Waals surface area contributed by atoms with Gasteiger partial charge < -0.3 is 9.47 Å². The van der Waals surface area contributed by atoms with E-state index in [0.29, 0.717) is 12.5 Å². The zero-order valence-electron chi connectivity index (χ0n) is 17.5. The van der Waals surface area contributed by atoms with Crippen LogP contribution in [0.4, 0.5) is 0 Å². The van der Waals surface area contributed by atoms with Gasteiger partial charge >= 0.3 is 0 Å². The van der Waals surface area contributed by atoms with Crippen LogP contribution < -0.4 is 0 Å². The van der Waals surface area contributed by atoms with Crippen molar-refractivity contribution >= 4 is 12.0 Å². The lowest BCUT2D eigenvalue weighted by atomic mass is 10.0. The van der Waals surface area contributed by atoms with Gasteiger partial charge in [0.05, 0.1) is 6.54 Å². The van der Waals surface area contributed by atoms with Gasteiger partial charge in [-0.2, -0.15) is 0 Å². The number of hydrogen-bond acceptors (Lipinski definition) is 1. The van der Waals surface area contributed by atoms with Crippen molar-refractivity contribution in [3.8, 4) is 0 Å². The predicted molar refractivity (Wildman–Crippen MR) is 120 cm³/mol. The third-order valence-electron chi connectivity index (χ3n) is 5.41. The zero-order chi connectivity index (χ0) is 20.6. The van der Waals surface area contributed by atoms with Gasteiger partial charge in [0.2, 0.25) is 5.91 Å². The smallest absolute Gasteiger partial charge is 0.247 e. The predicted octanol–water partition coefficient (Wildman–Crippen LogP) is 5.62. The van der Waals surface area contributed by atoms with Crippen LogP contribution in [0.3, 0.4) is 0 Å². The summed E-state index contributed by atoms with van der Waals surface area (Å²) in [5.41, 5.74) is 3.43. The van der Waals surface area contributed by atoms with E-state index in [2.05, 4.69) is 67.9 Å². The molecule has 3 rings (SSSR count). The highest BCUT2D eigenvalue weighted by Gasteiger charge is 2.22. The summed E-state index contributed by atoms with van der Waals surface area (Å²) in [5, 5.41) is 0.